The van der Waals surface area contributed by atoms with E-state index in [1.54, 1.807) is 18.2 Å². The largest absolute Gasteiger partial charge is 0.274 e. The first-order valence-electron chi connectivity index (χ1n) is 4.87. The highest BCUT2D eigenvalue weighted by Crippen LogP contribution is 2.19. The molecule has 1 N–H and O–H groups in total. The van der Waals surface area contributed by atoms with Gasteiger partial charge in [0.05, 0.1) is 6.61 Å². The summed E-state index contributed by atoms with van der Waals surface area (Å²) >= 11 is 9.10. The van der Waals surface area contributed by atoms with E-state index in [0.717, 1.165) is 4.47 Å². The lowest BCUT2D eigenvalue weighted by atomic mass is 10.2. The lowest BCUT2D eigenvalue weighted by Gasteiger charge is -2.08. The summed E-state index contributed by atoms with van der Waals surface area (Å²) in [5.74, 6) is 0.0650. The number of nitrogens with one attached hydrogen (secondary N) is 1. The summed E-state index contributed by atoms with van der Waals surface area (Å²) in [6.45, 7) is 4.48. The lowest BCUT2D eigenvalue weighted by molar-refractivity contribution is 0.0208. The molecule has 3 nitrogen and oxygen atoms in total. The van der Waals surface area contributed by atoms with E-state index in [1.165, 1.54) is 0 Å². The zero-order valence-electron chi connectivity index (χ0n) is 9.09. The molecule has 0 fully saturated rings. The Kier molecular flexibility index (Phi) is 5.25. The van der Waals surface area contributed by atoms with Crippen LogP contribution in [0.1, 0.15) is 24.2 Å². The first-order chi connectivity index (χ1) is 7.49. The van der Waals surface area contributed by atoms with Gasteiger partial charge in [0.15, 0.2) is 0 Å². The molecule has 1 amide bonds. The van der Waals surface area contributed by atoms with E-state index in [4.69, 9.17) is 16.4 Å². The van der Waals surface area contributed by atoms with E-state index in [2.05, 4.69) is 21.4 Å². The molecule has 0 saturated heterocycles. The number of hydroxylamine groups is 1. The third-order valence-electron chi connectivity index (χ3n) is 1.71. The Bertz CT molecular complexity index is 362. The van der Waals surface area contributed by atoms with Gasteiger partial charge in [0.2, 0.25) is 0 Å². The van der Waals surface area contributed by atoms with Crippen LogP contribution in [0.25, 0.3) is 0 Å². The highest BCUT2D eigenvalue weighted by Gasteiger charge is 2.07. The number of hydrogen-bond donors (Lipinski definition) is 1. The second-order valence-corrected chi connectivity index (χ2v) is 5.15. The Labute approximate surface area is 108 Å². The van der Waals surface area contributed by atoms with Crippen molar-refractivity contribution in [3.8, 4) is 0 Å². The summed E-state index contributed by atoms with van der Waals surface area (Å²) in [7, 11) is 0. The number of halogens is 2. The van der Waals surface area contributed by atoms with Crippen molar-refractivity contribution in [1.29, 1.82) is 0 Å². The summed E-state index contributed by atoms with van der Waals surface area (Å²) in [5.41, 5.74) is 2.83. The van der Waals surface area contributed by atoms with Crippen LogP contribution in [0.4, 0.5) is 0 Å². The van der Waals surface area contributed by atoms with Gasteiger partial charge in [0.25, 0.3) is 5.91 Å². The van der Waals surface area contributed by atoms with Gasteiger partial charge in [-0.25, -0.2) is 5.48 Å². The number of benzene rings is 1. The molecule has 16 heavy (non-hydrogen) atoms. The van der Waals surface area contributed by atoms with Gasteiger partial charge in [-0.05, 0) is 24.1 Å². The van der Waals surface area contributed by atoms with Crippen molar-refractivity contribution in [2.45, 2.75) is 13.8 Å². The Hall–Kier alpha value is -0.580. The van der Waals surface area contributed by atoms with Crippen molar-refractivity contribution in [3.63, 3.8) is 0 Å². The number of carbonyl (C=O) groups is 1. The molecule has 0 aliphatic rings. The molecule has 1 aromatic carbocycles. The Morgan fingerprint density at radius 1 is 1.50 bits per heavy atom. The summed E-state index contributed by atoms with van der Waals surface area (Å²) in [4.78, 5) is 16.6. The maximum atomic E-state index is 11.6. The fourth-order valence-corrected chi connectivity index (χ4v) is 1.88. The highest BCUT2D eigenvalue weighted by atomic mass is 79.9. The van der Waals surface area contributed by atoms with E-state index in [1.807, 2.05) is 13.8 Å². The van der Waals surface area contributed by atoms with Gasteiger partial charge >= 0.3 is 0 Å². The van der Waals surface area contributed by atoms with Gasteiger partial charge in [-0.1, -0.05) is 41.4 Å². The molecule has 0 atom stereocenters. The highest BCUT2D eigenvalue weighted by molar-refractivity contribution is 9.10. The minimum absolute atomic E-state index is 0.302. The van der Waals surface area contributed by atoms with Gasteiger partial charge in [0, 0.05) is 15.1 Å². The number of carbonyl (C=O) groups excluding carboxylic acids is 1. The molecule has 1 aromatic rings. The second kappa shape index (κ2) is 6.23. The predicted octanol–water partition coefficient (Wildman–Crippen LogP) is 3.42. The van der Waals surface area contributed by atoms with E-state index in [-0.39, 0.29) is 5.91 Å². The first-order valence-corrected chi connectivity index (χ1v) is 6.04. The van der Waals surface area contributed by atoms with E-state index < -0.39 is 0 Å². The topological polar surface area (TPSA) is 38.3 Å². The van der Waals surface area contributed by atoms with Crippen molar-refractivity contribution >= 4 is 33.4 Å². The van der Waals surface area contributed by atoms with Crippen LogP contribution < -0.4 is 5.48 Å². The normalized spacial score (nSPS) is 10.6. The molecule has 0 bridgehead atoms. The lowest BCUT2D eigenvalue weighted by Crippen LogP contribution is -2.25. The zero-order valence-corrected chi connectivity index (χ0v) is 11.4. The average molecular weight is 307 g/mol. The van der Waals surface area contributed by atoms with Crippen LogP contribution >= 0.6 is 27.5 Å². The standard InChI is InChI=1S/C11H13BrClNO2/c1-7(2)6-16-14-11(15)8-3-9(12)5-10(13)4-8/h3-5,7H,6H2,1-2H3,(H,14,15). The van der Waals surface area contributed by atoms with Gasteiger partial charge in [-0.3, -0.25) is 9.63 Å². The molecule has 0 spiro atoms. The second-order valence-electron chi connectivity index (χ2n) is 3.79. The van der Waals surface area contributed by atoms with Gasteiger partial charge < -0.3 is 0 Å². The Morgan fingerprint density at radius 2 is 2.19 bits per heavy atom. The fraction of sp³-hybridized carbons (Fsp3) is 0.364. The molecule has 0 aromatic heterocycles. The maximum Gasteiger partial charge on any atom is 0.274 e. The monoisotopic (exact) mass is 305 g/mol. The third kappa shape index (κ3) is 4.51. The van der Waals surface area contributed by atoms with E-state index >= 15 is 0 Å². The van der Waals surface area contributed by atoms with Crippen molar-refractivity contribution in [1.82, 2.24) is 5.48 Å². The molecule has 0 aliphatic heterocycles. The zero-order chi connectivity index (χ0) is 12.1. The van der Waals surface area contributed by atoms with Crippen LogP contribution in [0, 0.1) is 5.92 Å². The van der Waals surface area contributed by atoms with Crippen LogP contribution in [-0.4, -0.2) is 12.5 Å². The van der Waals surface area contributed by atoms with Crippen molar-refractivity contribution in [2.24, 2.45) is 5.92 Å². The van der Waals surface area contributed by atoms with Crippen molar-refractivity contribution in [3.05, 3.63) is 33.3 Å². The van der Waals surface area contributed by atoms with Gasteiger partial charge in [0.1, 0.15) is 0 Å². The molecule has 88 valence electrons. The van der Waals surface area contributed by atoms with Gasteiger partial charge in [-0.15, -0.1) is 0 Å². The summed E-state index contributed by atoms with van der Waals surface area (Å²) in [6.07, 6.45) is 0. The molecule has 0 unspecified atom stereocenters. The number of rotatable bonds is 4. The Morgan fingerprint density at radius 3 is 2.75 bits per heavy atom. The molecule has 1 rings (SSSR count). The molecule has 5 heteroatoms. The predicted molar refractivity (Wildman–Crippen MR) is 67.4 cm³/mol. The van der Waals surface area contributed by atoms with E-state index in [9.17, 15) is 4.79 Å². The van der Waals surface area contributed by atoms with Crippen molar-refractivity contribution < 1.29 is 9.63 Å². The van der Waals surface area contributed by atoms with Crippen LogP contribution in [0.2, 0.25) is 5.02 Å². The van der Waals surface area contributed by atoms with Gasteiger partial charge in [-0.2, -0.15) is 0 Å². The molecular formula is C11H13BrClNO2. The number of hydrogen-bond acceptors (Lipinski definition) is 2. The maximum absolute atomic E-state index is 11.6. The number of amides is 1. The van der Waals surface area contributed by atoms with Crippen LogP contribution in [0.15, 0.2) is 22.7 Å². The fourth-order valence-electron chi connectivity index (χ4n) is 1.02. The van der Waals surface area contributed by atoms with Crippen LogP contribution in [0.3, 0.4) is 0 Å². The minimum atomic E-state index is -0.302. The average Bonchev–Trinajstić information content (AvgIpc) is 2.15. The summed E-state index contributed by atoms with van der Waals surface area (Å²) < 4.78 is 0.758. The molecule has 0 heterocycles. The smallest absolute Gasteiger partial charge is 0.273 e. The Balaban J connectivity index is 2.59. The summed E-state index contributed by atoms with van der Waals surface area (Å²) in [5, 5.41) is 0.503. The summed E-state index contributed by atoms with van der Waals surface area (Å²) in [6, 6.07) is 4.98. The SMILES string of the molecule is CC(C)CONC(=O)c1cc(Cl)cc(Br)c1. The molecule has 0 aliphatic carbocycles. The van der Waals surface area contributed by atoms with Crippen LogP contribution in [0.5, 0.6) is 0 Å². The third-order valence-corrected chi connectivity index (χ3v) is 2.38. The quantitative estimate of drug-likeness (QED) is 0.866. The molecular weight excluding hydrogens is 293 g/mol. The first kappa shape index (κ1) is 13.5. The van der Waals surface area contributed by atoms with Crippen LogP contribution in [-0.2, 0) is 4.84 Å². The van der Waals surface area contributed by atoms with E-state index in [0.29, 0.717) is 23.1 Å². The molecule has 0 saturated carbocycles. The minimum Gasteiger partial charge on any atom is -0.273 e. The van der Waals surface area contributed by atoms with Crippen molar-refractivity contribution in [2.75, 3.05) is 6.61 Å². The molecule has 0 radical (unpaired) electrons.